The van der Waals surface area contributed by atoms with Crippen molar-refractivity contribution in [3.05, 3.63) is 17.8 Å². The number of methoxy groups -OCH3 is 1. The molecule has 0 radical (unpaired) electrons. The maximum atomic E-state index is 13.2. The fourth-order valence-corrected chi connectivity index (χ4v) is 4.16. The Balaban J connectivity index is 1.69. The zero-order valence-electron chi connectivity index (χ0n) is 23.0. The number of carbonyl (C=O) groups is 2. The van der Waals surface area contributed by atoms with Crippen molar-refractivity contribution in [2.24, 2.45) is 11.8 Å². The number of nitrogens with one attached hydrogen (secondary N) is 1. The van der Waals surface area contributed by atoms with Crippen LogP contribution in [-0.4, -0.2) is 81.8 Å². The lowest BCUT2D eigenvalue weighted by Crippen LogP contribution is -2.54. The molecule has 1 aliphatic carbocycles. The van der Waals surface area contributed by atoms with Gasteiger partial charge in [-0.3, -0.25) is 4.79 Å². The monoisotopic (exact) mass is 497 g/mol. The average molecular weight is 498 g/mol. The summed E-state index contributed by atoms with van der Waals surface area (Å²) in [4.78, 5) is 32.3. The summed E-state index contributed by atoms with van der Waals surface area (Å²) in [5.74, 6) is -0.348. The normalized spacial score (nSPS) is 21.0. The molecule has 0 unspecified atom stereocenters. The average Bonchev–Trinajstić information content (AvgIpc) is 3.58. The van der Waals surface area contributed by atoms with Gasteiger partial charge in [-0.1, -0.05) is 13.8 Å². The van der Waals surface area contributed by atoms with Crippen LogP contribution in [0.25, 0.3) is 0 Å². The Morgan fingerprint density at radius 1 is 1.23 bits per heavy atom. The van der Waals surface area contributed by atoms with E-state index in [2.05, 4.69) is 15.2 Å². The Hall–Kier alpha value is -2.46. The van der Waals surface area contributed by atoms with Gasteiger partial charge in [0.15, 0.2) is 0 Å². The summed E-state index contributed by atoms with van der Waals surface area (Å²) in [5.41, 5.74) is -0.278. The van der Waals surface area contributed by atoms with Crippen LogP contribution in [0, 0.1) is 11.8 Å². The molecule has 0 bridgehead atoms. The van der Waals surface area contributed by atoms with E-state index in [0.29, 0.717) is 38.4 Å². The molecular formula is C25H38FN3O6. The van der Waals surface area contributed by atoms with Crippen LogP contribution in [0.3, 0.4) is 0 Å². The third-order valence-electron chi connectivity index (χ3n) is 6.81. The highest BCUT2D eigenvalue weighted by atomic mass is 19.1. The number of anilines is 1. The van der Waals surface area contributed by atoms with Gasteiger partial charge >= 0.3 is 5.97 Å². The van der Waals surface area contributed by atoms with E-state index in [0.717, 1.165) is 12.1 Å². The second kappa shape index (κ2) is 12.5. The molecule has 196 valence electrons. The summed E-state index contributed by atoms with van der Waals surface area (Å²) >= 11 is 0. The molecule has 0 aromatic carbocycles. The van der Waals surface area contributed by atoms with Crippen LogP contribution >= 0.6 is 0 Å². The largest absolute Gasteiger partial charge is 0.476 e. The summed E-state index contributed by atoms with van der Waals surface area (Å²) in [6, 6.07) is 3.39. The van der Waals surface area contributed by atoms with Crippen molar-refractivity contribution in [2.45, 2.75) is 51.7 Å². The lowest BCUT2D eigenvalue weighted by molar-refractivity contribution is -0.151. The number of alkyl halides is 1. The van der Waals surface area contributed by atoms with Crippen LogP contribution in [0.2, 0.25) is 0 Å². The van der Waals surface area contributed by atoms with Crippen molar-refractivity contribution in [1.29, 1.82) is 0 Å². The van der Waals surface area contributed by atoms with Gasteiger partial charge in [0.05, 0.1) is 28.7 Å². The maximum absolute atomic E-state index is 13.2. The first-order valence-corrected chi connectivity index (χ1v) is 12.2. The standard InChI is InChI=1S/C25H38FN3O6/c1-5-25(6-2,24(31)34-7-3)28-22(30)20-8-9-21(29-13-19(14-29)32-4)23(27-20)35-16-18-12-17(18)15-33-11-10-26/h8-9,17-19H,5-7,10-16H2,1-4H3,(H,28,30)/t17-,18+/m1/s1/i10D2. The van der Waals surface area contributed by atoms with Crippen LogP contribution in [0.15, 0.2) is 12.1 Å². The van der Waals surface area contributed by atoms with Crippen molar-refractivity contribution in [3.8, 4) is 5.88 Å². The van der Waals surface area contributed by atoms with E-state index < -0.39 is 30.6 Å². The summed E-state index contributed by atoms with van der Waals surface area (Å²) < 4.78 is 48.5. The van der Waals surface area contributed by atoms with Crippen molar-refractivity contribution in [2.75, 3.05) is 58.2 Å². The number of nitrogens with zero attached hydrogens (tertiary/aromatic N) is 2. The Kier molecular flexibility index (Phi) is 8.65. The van der Waals surface area contributed by atoms with Gasteiger partial charge in [-0.15, -0.1) is 0 Å². The quantitative estimate of drug-likeness (QED) is 0.370. The van der Waals surface area contributed by atoms with Gasteiger partial charge in [0, 0.05) is 26.8 Å². The topological polar surface area (TPSA) is 99.2 Å². The van der Waals surface area contributed by atoms with Crippen LogP contribution in [-0.2, 0) is 19.0 Å². The first kappa shape index (κ1) is 24.2. The number of rotatable bonds is 15. The molecule has 9 nitrogen and oxygen atoms in total. The van der Waals surface area contributed by atoms with Gasteiger partial charge in [-0.2, -0.15) is 0 Å². The fraction of sp³-hybridized carbons (Fsp3) is 0.720. The molecule has 2 heterocycles. The third kappa shape index (κ3) is 6.61. The summed E-state index contributed by atoms with van der Waals surface area (Å²) in [7, 11) is 1.66. The number of aromatic nitrogens is 1. The zero-order valence-corrected chi connectivity index (χ0v) is 21.0. The Labute approximate surface area is 209 Å². The Morgan fingerprint density at radius 2 is 1.94 bits per heavy atom. The molecule has 1 N–H and O–H groups in total. The molecule has 1 aromatic heterocycles. The zero-order chi connectivity index (χ0) is 27.2. The highest BCUT2D eigenvalue weighted by Gasteiger charge is 2.40. The number of esters is 1. The number of hydrogen-bond donors (Lipinski definition) is 1. The molecule has 2 fully saturated rings. The Bertz CT molecular complexity index is 937. The predicted octanol–water partition coefficient (Wildman–Crippen LogP) is 2.77. The molecule has 35 heavy (non-hydrogen) atoms. The maximum Gasteiger partial charge on any atom is 0.331 e. The van der Waals surface area contributed by atoms with E-state index >= 15 is 0 Å². The smallest absolute Gasteiger partial charge is 0.331 e. The van der Waals surface area contributed by atoms with E-state index in [1.54, 1.807) is 26.2 Å². The first-order chi connectivity index (χ1) is 17.6. The molecule has 1 aromatic rings. The molecule has 1 saturated heterocycles. The minimum absolute atomic E-state index is 0.108. The summed E-state index contributed by atoms with van der Waals surface area (Å²) in [5, 5.41) is 2.83. The van der Waals surface area contributed by atoms with Crippen LogP contribution in [0.4, 0.5) is 10.1 Å². The van der Waals surface area contributed by atoms with Crippen molar-refractivity contribution in [3.63, 3.8) is 0 Å². The third-order valence-corrected chi connectivity index (χ3v) is 6.81. The van der Waals surface area contributed by atoms with Crippen LogP contribution < -0.4 is 15.0 Å². The van der Waals surface area contributed by atoms with Gasteiger partial charge in [0.1, 0.15) is 23.5 Å². The number of ether oxygens (including phenoxy) is 4. The molecule has 1 amide bonds. The number of pyridine rings is 1. The number of amides is 1. The highest BCUT2D eigenvalue weighted by molar-refractivity contribution is 5.97. The van der Waals surface area contributed by atoms with Gasteiger partial charge in [0.2, 0.25) is 5.88 Å². The first-order valence-electron chi connectivity index (χ1n) is 13.2. The van der Waals surface area contributed by atoms with Crippen molar-refractivity contribution < 1.29 is 35.7 Å². The number of hydrogen-bond acceptors (Lipinski definition) is 8. The summed E-state index contributed by atoms with van der Waals surface area (Å²) in [6.45, 7) is 4.06. The molecule has 10 heteroatoms. The fourth-order valence-electron chi connectivity index (χ4n) is 4.16. The molecule has 3 rings (SSSR count). The van der Waals surface area contributed by atoms with E-state index in [4.69, 9.17) is 21.7 Å². The molecule has 1 saturated carbocycles. The predicted molar refractivity (Wildman–Crippen MR) is 129 cm³/mol. The SMILES string of the molecule is [2H]C([2H])(F)COC[C@H]1C[C@H]1COc1nc(C(=O)NC(CC)(CC)C(=O)OCC)ccc1N1CC(OC)C1. The molecule has 0 spiro atoms. The van der Waals surface area contributed by atoms with E-state index in [9.17, 15) is 14.0 Å². The lowest BCUT2D eigenvalue weighted by atomic mass is 9.92. The number of carbonyl (C=O) groups excluding carboxylic acids is 2. The van der Waals surface area contributed by atoms with Crippen molar-refractivity contribution in [1.82, 2.24) is 10.3 Å². The summed E-state index contributed by atoms with van der Waals surface area (Å²) in [6.07, 6.45) is 1.67. The van der Waals surface area contributed by atoms with Crippen molar-refractivity contribution >= 4 is 17.6 Å². The lowest BCUT2D eigenvalue weighted by Gasteiger charge is -2.40. The van der Waals surface area contributed by atoms with E-state index in [1.165, 1.54) is 0 Å². The van der Waals surface area contributed by atoms with Gasteiger partial charge in [-0.05, 0) is 50.2 Å². The van der Waals surface area contributed by atoms with Crippen LogP contribution in [0.5, 0.6) is 5.88 Å². The number of halogens is 1. The molecular weight excluding hydrogens is 457 g/mol. The molecule has 2 aliphatic rings. The second-order valence-corrected chi connectivity index (χ2v) is 8.96. The van der Waals surface area contributed by atoms with Gasteiger partial charge in [0.25, 0.3) is 5.91 Å². The Morgan fingerprint density at radius 3 is 2.57 bits per heavy atom. The van der Waals surface area contributed by atoms with Gasteiger partial charge < -0.3 is 29.2 Å². The highest BCUT2D eigenvalue weighted by Crippen LogP contribution is 2.40. The van der Waals surface area contributed by atoms with Crippen LogP contribution in [0.1, 0.15) is 53.3 Å². The molecule has 1 aliphatic heterocycles. The van der Waals surface area contributed by atoms with E-state index in [-0.39, 0.29) is 36.8 Å². The minimum atomic E-state index is -2.85. The second-order valence-electron chi connectivity index (χ2n) is 8.96. The van der Waals surface area contributed by atoms with Gasteiger partial charge in [-0.25, -0.2) is 14.2 Å². The molecule has 2 atom stereocenters. The van der Waals surface area contributed by atoms with E-state index in [1.807, 2.05) is 13.8 Å². The minimum Gasteiger partial charge on any atom is -0.476 e.